The molecule has 0 radical (unpaired) electrons. The standard InChI is InChI=1S/C14H19N3OS/c1-3-12(15-4-2)14-17-16-13(19-14)9-10-6-5-7-11(18)8-10/h5-8,12,15,18H,3-4,9H2,1-2H3. The molecule has 102 valence electrons. The molecule has 0 aliphatic carbocycles. The summed E-state index contributed by atoms with van der Waals surface area (Å²) in [4.78, 5) is 0. The van der Waals surface area contributed by atoms with E-state index in [9.17, 15) is 5.11 Å². The van der Waals surface area contributed by atoms with Crippen LogP contribution in [0, 0.1) is 0 Å². The molecular weight excluding hydrogens is 258 g/mol. The van der Waals surface area contributed by atoms with Crippen molar-refractivity contribution in [3.63, 3.8) is 0 Å². The van der Waals surface area contributed by atoms with Crippen LogP contribution in [0.15, 0.2) is 24.3 Å². The summed E-state index contributed by atoms with van der Waals surface area (Å²) in [7, 11) is 0. The molecular formula is C14H19N3OS. The van der Waals surface area contributed by atoms with Crippen LogP contribution in [0.25, 0.3) is 0 Å². The van der Waals surface area contributed by atoms with E-state index in [4.69, 9.17) is 0 Å². The molecule has 0 spiro atoms. The van der Waals surface area contributed by atoms with Gasteiger partial charge in [-0.1, -0.05) is 37.3 Å². The van der Waals surface area contributed by atoms with Crippen molar-refractivity contribution in [1.82, 2.24) is 15.5 Å². The summed E-state index contributed by atoms with van der Waals surface area (Å²) in [5, 5.41) is 23.4. The zero-order chi connectivity index (χ0) is 13.7. The van der Waals surface area contributed by atoms with Gasteiger partial charge in [-0.25, -0.2) is 0 Å². The highest BCUT2D eigenvalue weighted by Gasteiger charge is 2.14. The van der Waals surface area contributed by atoms with E-state index in [0.29, 0.717) is 18.2 Å². The maximum Gasteiger partial charge on any atom is 0.134 e. The zero-order valence-corrected chi connectivity index (χ0v) is 12.1. The van der Waals surface area contributed by atoms with Crippen molar-refractivity contribution in [3.8, 4) is 5.75 Å². The number of nitrogens with one attached hydrogen (secondary N) is 1. The Hall–Kier alpha value is -1.46. The molecule has 0 aliphatic rings. The normalized spacial score (nSPS) is 12.5. The first kappa shape index (κ1) is 14.0. The van der Waals surface area contributed by atoms with Crippen molar-refractivity contribution in [2.24, 2.45) is 0 Å². The number of nitrogens with zero attached hydrogens (tertiary/aromatic N) is 2. The molecule has 1 atom stereocenters. The number of phenolic OH excluding ortho intramolecular Hbond substituents is 1. The molecule has 4 nitrogen and oxygen atoms in total. The second kappa shape index (κ2) is 6.63. The second-order valence-corrected chi connectivity index (χ2v) is 5.49. The molecule has 19 heavy (non-hydrogen) atoms. The minimum atomic E-state index is 0.292. The van der Waals surface area contributed by atoms with Crippen molar-refractivity contribution in [2.75, 3.05) is 6.54 Å². The van der Waals surface area contributed by atoms with E-state index in [0.717, 1.165) is 28.5 Å². The highest BCUT2D eigenvalue weighted by atomic mass is 32.1. The molecule has 2 N–H and O–H groups in total. The molecule has 0 aliphatic heterocycles. The highest BCUT2D eigenvalue weighted by Crippen LogP contribution is 2.23. The van der Waals surface area contributed by atoms with E-state index in [1.807, 2.05) is 12.1 Å². The summed E-state index contributed by atoms with van der Waals surface area (Å²) in [5.74, 6) is 0.293. The molecule has 1 aromatic heterocycles. The number of phenols is 1. The van der Waals surface area contributed by atoms with Crippen LogP contribution in [0.1, 0.15) is 41.9 Å². The highest BCUT2D eigenvalue weighted by molar-refractivity contribution is 7.11. The van der Waals surface area contributed by atoms with Crippen molar-refractivity contribution >= 4 is 11.3 Å². The molecule has 0 amide bonds. The van der Waals surface area contributed by atoms with E-state index in [-0.39, 0.29) is 0 Å². The molecule has 1 aromatic carbocycles. The fourth-order valence-corrected chi connectivity index (χ4v) is 3.01. The van der Waals surface area contributed by atoms with E-state index in [1.165, 1.54) is 0 Å². The molecule has 0 fully saturated rings. The van der Waals surface area contributed by atoms with Crippen molar-refractivity contribution in [2.45, 2.75) is 32.7 Å². The quantitative estimate of drug-likeness (QED) is 0.852. The van der Waals surface area contributed by atoms with Crippen LogP contribution in [0.2, 0.25) is 0 Å². The molecule has 0 saturated carbocycles. The Morgan fingerprint density at radius 3 is 2.84 bits per heavy atom. The minimum absolute atomic E-state index is 0.292. The third kappa shape index (κ3) is 3.75. The lowest BCUT2D eigenvalue weighted by atomic mass is 10.1. The van der Waals surface area contributed by atoms with Gasteiger partial charge >= 0.3 is 0 Å². The summed E-state index contributed by atoms with van der Waals surface area (Å²) in [6.45, 7) is 5.17. The summed E-state index contributed by atoms with van der Waals surface area (Å²) in [6, 6.07) is 7.57. The number of hydrogen-bond donors (Lipinski definition) is 2. The molecule has 1 heterocycles. The number of hydrogen-bond acceptors (Lipinski definition) is 5. The van der Waals surface area contributed by atoms with Crippen molar-refractivity contribution in [3.05, 3.63) is 39.8 Å². The summed E-state index contributed by atoms with van der Waals surface area (Å²) in [6.07, 6.45) is 1.73. The molecule has 2 aromatic rings. The third-order valence-electron chi connectivity index (χ3n) is 2.91. The Morgan fingerprint density at radius 2 is 2.16 bits per heavy atom. The predicted octanol–water partition coefficient (Wildman–Crippen LogP) is 2.90. The fraction of sp³-hybridized carbons (Fsp3) is 0.429. The second-order valence-electron chi connectivity index (χ2n) is 4.40. The van der Waals surface area contributed by atoms with Gasteiger partial charge in [-0.2, -0.15) is 0 Å². The SMILES string of the molecule is CCNC(CC)c1nnc(Cc2cccc(O)c2)s1. The Labute approximate surface area is 117 Å². The van der Waals surface area contributed by atoms with Gasteiger partial charge in [0, 0.05) is 6.42 Å². The van der Waals surface area contributed by atoms with Crippen molar-refractivity contribution < 1.29 is 5.11 Å². The average Bonchev–Trinajstić information content (AvgIpc) is 2.84. The predicted molar refractivity (Wildman–Crippen MR) is 77.5 cm³/mol. The molecule has 1 unspecified atom stereocenters. The topological polar surface area (TPSA) is 58.0 Å². The van der Waals surface area contributed by atoms with Gasteiger partial charge in [-0.15, -0.1) is 10.2 Å². The van der Waals surface area contributed by atoms with Crippen LogP contribution in [0.4, 0.5) is 0 Å². The maximum absolute atomic E-state index is 9.45. The van der Waals surface area contributed by atoms with Crippen LogP contribution in [-0.4, -0.2) is 21.8 Å². The Morgan fingerprint density at radius 1 is 1.32 bits per heavy atom. The monoisotopic (exact) mass is 277 g/mol. The summed E-state index contributed by atoms with van der Waals surface area (Å²) >= 11 is 1.64. The van der Waals surface area contributed by atoms with Gasteiger partial charge in [-0.05, 0) is 30.7 Å². The van der Waals surface area contributed by atoms with Crippen LogP contribution < -0.4 is 5.32 Å². The van der Waals surface area contributed by atoms with Crippen LogP contribution in [0.5, 0.6) is 5.75 Å². The number of benzene rings is 1. The Kier molecular flexibility index (Phi) is 4.87. The number of aromatic nitrogens is 2. The lowest BCUT2D eigenvalue weighted by Gasteiger charge is -2.10. The van der Waals surface area contributed by atoms with Gasteiger partial charge in [0.15, 0.2) is 0 Å². The van der Waals surface area contributed by atoms with Crippen LogP contribution in [0.3, 0.4) is 0 Å². The smallest absolute Gasteiger partial charge is 0.134 e. The van der Waals surface area contributed by atoms with Gasteiger partial charge < -0.3 is 10.4 Å². The average molecular weight is 277 g/mol. The first-order valence-electron chi connectivity index (χ1n) is 6.56. The Balaban J connectivity index is 2.08. The maximum atomic E-state index is 9.45. The van der Waals surface area contributed by atoms with Gasteiger partial charge in [0.2, 0.25) is 0 Å². The largest absolute Gasteiger partial charge is 0.508 e. The van der Waals surface area contributed by atoms with Crippen LogP contribution >= 0.6 is 11.3 Å². The van der Waals surface area contributed by atoms with Gasteiger partial charge in [0.05, 0.1) is 6.04 Å². The van der Waals surface area contributed by atoms with Crippen LogP contribution in [-0.2, 0) is 6.42 Å². The zero-order valence-electron chi connectivity index (χ0n) is 11.3. The number of aromatic hydroxyl groups is 1. The van der Waals surface area contributed by atoms with E-state index >= 15 is 0 Å². The molecule has 0 bridgehead atoms. The summed E-state index contributed by atoms with van der Waals surface area (Å²) in [5.41, 5.74) is 1.05. The Bertz CT molecular complexity index is 527. The van der Waals surface area contributed by atoms with Gasteiger partial charge in [0.1, 0.15) is 15.8 Å². The van der Waals surface area contributed by atoms with E-state index in [2.05, 4.69) is 29.4 Å². The minimum Gasteiger partial charge on any atom is -0.508 e. The fourth-order valence-electron chi connectivity index (χ4n) is 1.97. The molecule has 0 saturated heterocycles. The molecule has 5 heteroatoms. The first-order chi connectivity index (χ1) is 9.22. The first-order valence-corrected chi connectivity index (χ1v) is 7.38. The molecule has 2 rings (SSSR count). The third-order valence-corrected chi connectivity index (χ3v) is 3.94. The van der Waals surface area contributed by atoms with Gasteiger partial charge in [0.25, 0.3) is 0 Å². The lowest BCUT2D eigenvalue weighted by Crippen LogP contribution is -2.19. The summed E-state index contributed by atoms with van der Waals surface area (Å²) < 4.78 is 0. The lowest BCUT2D eigenvalue weighted by molar-refractivity contribution is 0.474. The number of rotatable bonds is 6. The van der Waals surface area contributed by atoms with E-state index < -0.39 is 0 Å². The van der Waals surface area contributed by atoms with E-state index in [1.54, 1.807) is 23.5 Å². The van der Waals surface area contributed by atoms with Crippen molar-refractivity contribution in [1.29, 1.82) is 0 Å². The van der Waals surface area contributed by atoms with Gasteiger partial charge in [-0.3, -0.25) is 0 Å².